The largest absolute Gasteiger partial charge is 0.362 e. The molecule has 0 spiro atoms. The molecule has 0 saturated carbocycles. The summed E-state index contributed by atoms with van der Waals surface area (Å²) in [5.74, 6) is 0.312. The number of amides is 1. The summed E-state index contributed by atoms with van der Waals surface area (Å²) >= 11 is 0. The van der Waals surface area contributed by atoms with Crippen LogP contribution in [0.4, 0.5) is 10.1 Å². The van der Waals surface area contributed by atoms with E-state index in [4.69, 9.17) is 0 Å². The number of para-hydroxylation sites is 1. The highest BCUT2D eigenvalue weighted by Gasteiger charge is 2.24. The molecule has 1 amide bonds. The zero-order valence-corrected chi connectivity index (χ0v) is 15.8. The summed E-state index contributed by atoms with van der Waals surface area (Å²) < 4.78 is 15.2. The van der Waals surface area contributed by atoms with Gasteiger partial charge in [0.2, 0.25) is 5.91 Å². The minimum Gasteiger partial charge on any atom is -0.362 e. The van der Waals surface area contributed by atoms with Crippen LogP contribution in [0.5, 0.6) is 0 Å². The molecule has 144 valence electrons. The van der Waals surface area contributed by atoms with E-state index in [1.165, 1.54) is 17.7 Å². The highest BCUT2D eigenvalue weighted by Crippen LogP contribution is 2.27. The molecule has 0 aliphatic carbocycles. The van der Waals surface area contributed by atoms with Gasteiger partial charge in [-0.3, -0.25) is 4.79 Å². The van der Waals surface area contributed by atoms with Crippen LogP contribution >= 0.6 is 0 Å². The minimum atomic E-state index is -0.437. The van der Waals surface area contributed by atoms with Crippen molar-refractivity contribution in [2.75, 3.05) is 18.0 Å². The fourth-order valence-electron chi connectivity index (χ4n) is 3.76. The van der Waals surface area contributed by atoms with E-state index in [2.05, 4.69) is 27.3 Å². The smallest absolute Gasteiger partial charge is 0.240 e. The van der Waals surface area contributed by atoms with E-state index in [9.17, 15) is 9.18 Å². The molecule has 0 unspecified atom stereocenters. The molecule has 2 heterocycles. The lowest BCUT2D eigenvalue weighted by atomic mass is 10.0. The van der Waals surface area contributed by atoms with Gasteiger partial charge in [0, 0.05) is 31.7 Å². The Morgan fingerprint density at radius 3 is 2.75 bits per heavy atom. The van der Waals surface area contributed by atoms with Gasteiger partial charge >= 0.3 is 0 Å². The third-order valence-electron chi connectivity index (χ3n) is 5.17. The molecule has 1 atom stereocenters. The molecule has 28 heavy (non-hydrogen) atoms. The van der Waals surface area contributed by atoms with Gasteiger partial charge in [0.15, 0.2) is 0 Å². The molecule has 0 radical (unpaired) electrons. The average Bonchev–Trinajstić information content (AvgIpc) is 3.13. The van der Waals surface area contributed by atoms with Crippen LogP contribution in [0.15, 0.2) is 60.9 Å². The molecule has 5 nitrogen and oxygen atoms in total. The van der Waals surface area contributed by atoms with Gasteiger partial charge in [0.05, 0.1) is 6.54 Å². The molecule has 0 fully saturated rings. The number of carbonyl (C=O) groups is 1. The standard InChI is InChI=1S/C22H23FN4O/c1-26-14-12-24-22(26)21(17-8-10-18(23)11-9-17)25-20(28)15-27-13-4-6-16-5-2-3-7-19(16)27/h2-3,5,7-12,14,21H,4,6,13,15H2,1H3,(H,25,28)/t21-/m0/s1. The molecular formula is C22H23FN4O. The van der Waals surface area contributed by atoms with Crippen molar-refractivity contribution in [3.63, 3.8) is 0 Å². The first kappa shape index (κ1) is 18.2. The van der Waals surface area contributed by atoms with Crippen molar-refractivity contribution in [3.8, 4) is 0 Å². The molecule has 1 aliphatic rings. The molecule has 3 aromatic rings. The fourth-order valence-corrected chi connectivity index (χ4v) is 3.76. The van der Waals surface area contributed by atoms with Crippen LogP contribution in [-0.2, 0) is 18.3 Å². The topological polar surface area (TPSA) is 50.2 Å². The predicted octanol–water partition coefficient (Wildman–Crippen LogP) is 3.22. The number of nitrogens with zero attached hydrogens (tertiary/aromatic N) is 3. The second-order valence-electron chi connectivity index (χ2n) is 7.10. The van der Waals surface area contributed by atoms with E-state index in [0.717, 1.165) is 30.6 Å². The summed E-state index contributed by atoms with van der Waals surface area (Å²) in [5.41, 5.74) is 3.20. The summed E-state index contributed by atoms with van der Waals surface area (Å²) in [5, 5.41) is 3.09. The first-order valence-electron chi connectivity index (χ1n) is 9.47. The number of imidazole rings is 1. The van der Waals surface area contributed by atoms with Crippen molar-refractivity contribution in [2.45, 2.75) is 18.9 Å². The van der Waals surface area contributed by atoms with Gasteiger partial charge < -0.3 is 14.8 Å². The molecule has 1 N–H and O–H groups in total. The van der Waals surface area contributed by atoms with E-state index in [-0.39, 0.29) is 18.3 Å². The van der Waals surface area contributed by atoms with Gasteiger partial charge in [-0.2, -0.15) is 0 Å². The van der Waals surface area contributed by atoms with Gasteiger partial charge in [0.25, 0.3) is 0 Å². The molecule has 6 heteroatoms. The fraction of sp³-hybridized carbons (Fsp3) is 0.273. The molecular weight excluding hydrogens is 355 g/mol. The van der Waals surface area contributed by atoms with Crippen LogP contribution in [0, 0.1) is 5.82 Å². The number of benzene rings is 2. The van der Waals surface area contributed by atoms with E-state index in [0.29, 0.717) is 5.82 Å². The monoisotopic (exact) mass is 378 g/mol. The van der Waals surface area contributed by atoms with Crippen LogP contribution < -0.4 is 10.2 Å². The Morgan fingerprint density at radius 1 is 1.21 bits per heavy atom. The minimum absolute atomic E-state index is 0.0889. The van der Waals surface area contributed by atoms with E-state index in [1.54, 1.807) is 18.3 Å². The van der Waals surface area contributed by atoms with Crippen LogP contribution in [0.1, 0.15) is 29.4 Å². The maximum absolute atomic E-state index is 13.4. The number of hydrogen-bond acceptors (Lipinski definition) is 3. The Hall–Kier alpha value is -3.15. The average molecular weight is 378 g/mol. The molecule has 4 rings (SSSR count). The lowest BCUT2D eigenvalue weighted by molar-refractivity contribution is -0.120. The van der Waals surface area contributed by atoms with Gasteiger partial charge in [-0.1, -0.05) is 30.3 Å². The van der Waals surface area contributed by atoms with Gasteiger partial charge in [0.1, 0.15) is 17.7 Å². The highest BCUT2D eigenvalue weighted by molar-refractivity contribution is 5.82. The number of nitrogens with one attached hydrogen (secondary N) is 1. The van der Waals surface area contributed by atoms with Gasteiger partial charge in [-0.25, -0.2) is 9.37 Å². The van der Waals surface area contributed by atoms with Crippen molar-refractivity contribution in [1.29, 1.82) is 0 Å². The second kappa shape index (κ2) is 7.84. The van der Waals surface area contributed by atoms with E-state index >= 15 is 0 Å². The van der Waals surface area contributed by atoms with Crippen molar-refractivity contribution in [1.82, 2.24) is 14.9 Å². The predicted molar refractivity (Wildman–Crippen MR) is 107 cm³/mol. The molecule has 0 bridgehead atoms. The lowest BCUT2D eigenvalue weighted by Gasteiger charge is -2.31. The molecule has 0 saturated heterocycles. The number of halogens is 1. The van der Waals surface area contributed by atoms with Crippen molar-refractivity contribution in [3.05, 3.63) is 83.7 Å². The summed E-state index contributed by atoms with van der Waals surface area (Å²) in [7, 11) is 1.88. The first-order valence-corrected chi connectivity index (χ1v) is 9.47. The Kier molecular flexibility index (Phi) is 5.10. The quantitative estimate of drug-likeness (QED) is 0.742. The number of fused-ring (bicyclic) bond motifs is 1. The Balaban J connectivity index is 1.55. The van der Waals surface area contributed by atoms with Crippen molar-refractivity contribution < 1.29 is 9.18 Å². The van der Waals surface area contributed by atoms with Crippen LogP contribution in [0.3, 0.4) is 0 Å². The third kappa shape index (κ3) is 3.76. The van der Waals surface area contributed by atoms with Crippen molar-refractivity contribution >= 4 is 11.6 Å². The Morgan fingerprint density at radius 2 is 2.00 bits per heavy atom. The number of carbonyl (C=O) groups excluding carboxylic acids is 1. The Bertz CT molecular complexity index is 967. The zero-order chi connectivity index (χ0) is 19.5. The van der Waals surface area contributed by atoms with Gasteiger partial charge in [-0.05, 0) is 42.2 Å². The molecule has 1 aliphatic heterocycles. The molecule has 2 aromatic carbocycles. The zero-order valence-electron chi connectivity index (χ0n) is 15.8. The number of aryl methyl sites for hydroxylation is 2. The summed E-state index contributed by atoms with van der Waals surface area (Å²) in [6.45, 7) is 1.13. The lowest BCUT2D eigenvalue weighted by Crippen LogP contribution is -2.41. The SMILES string of the molecule is Cn1ccnc1[C@@H](NC(=O)CN1CCCc2ccccc21)c1ccc(F)cc1. The van der Waals surface area contributed by atoms with Crippen LogP contribution in [0.25, 0.3) is 0 Å². The number of hydrogen-bond donors (Lipinski definition) is 1. The van der Waals surface area contributed by atoms with Crippen LogP contribution in [0.2, 0.25) is 0 Å². The van der Waals surface area contributed by atoms with Gasteiger partial charge in [-0.15, -0.1) is 0 Å². The summed E-state index contributed by atoms with van der Waals surface area (Å²) in [6.07, 6.45) is 5.60. The first-order chi connectivity index (χ1) is 13.6. The van der Waals surface area contributed by atoms with Crippen molar-refractivity contribution in [2.24, 2.45) is 7.05 Å². The summed E-state index contributed by atoms with van der Waals surface area (Å²) in [4.78, 5) is 19.4. The second-order valence-corrected chi connectivity index (χ2v) is 7.10. The number of aromatic nitrogens is 2. The Labute approximate surface area is 163 Å². The number of anilines is 1. The highest BCUT2D eigenvalue weighted by atomic mass is 19.1. The maximum atomic E-state index is 13.4. The maximum Gasteiger partial charge on any atom is 0.240 e. The van der Waals surface area contributed by atoms with E-state index < -0.39 is 6.04 Å². The van der Waals surface area contributed by atoms with Crippen LogP contribution in [-0.4, -0.2) is 28.5 Å². The molecule has 1 aromatic heterocycles. The third-order valence-corrected chi connectivity index (χ3v) is 5.17. The number of rotatable bonds is 5. The van der Waals surface area contributed by atoms with E-state index in [1.807, 2.05) is 29.9 Å². The normalized spacial score (nSPS) is 14.4. The summed E-state index contributed by atoms with van der Waals surface area (Å²) in [6, 6.07) is 14.0.